The zero-order valence-corrected chi connectivity index (χ0v) is 12.4. The number of rotatable bonds is 6. The number of aliphatic hydroxyl groups excluding tert-OH is 1. The predicted octanol–water partition coefficient (Wildman–Crippen LogP) is 2.51. The first-order valence-electron chi connectivity index (χ1n) is 6.16. The molecule has 0 spiro atoms. The summed E-state index contributed by atoms with van der Waals surface area (Å²) in [5.41, 5.74) is 0.961. The number of carbonyl (C=O) groups excluding carboxylic acids is 1. The molecule has 1 rings (SSSR count). The lowest BCUT2D eigenvalue weighted by Gasteiger charge is -2.18. The van der Waals surface area contributed by atoms with Crippen LogP contribution >= 0.6 is 15.9 Å². The van der Waals surface area contributed by atoms with Gasteiger partial charge >= 0.3 is 0 Å². The minimum absolute atomic E-state index is 0.0115. The van der Waals surface area contributed by atoms with Crippen LogP contribution in [0.1, 0.15) is 25.8 Å². The Morgan fingerprint density at radius 3 is 2.72 bits per heavy atom. The molecule has 1 aromatic rings. The SMILES string of the molecule is CC(C)CC(CO)NC(=O)Cc1cccc(Br)c1. The number of halogens is 1. The standard InChI is InChI=1S/C14H20BrNO2/c1-10(2)6-13(9-17)16-14(18)8-11-4-3-5-12(15)7-11/h3-5,7,10,13,17H,6,8-9H2,1-2H3,(H,16,18). The molecule has 0 aromatic heterocycles. The van der Waals surface area contributed by atoms with Crippen LogP contribution in [0.5, 0.6) is 0 Å². The molecule has 0 saturated carbocycles. The summed E-state index contributed by atoms with van der Waals surface area (Å²) in [6, 6.07) is 7.53. The Kier molecular flexibility index (Phi) is 6.36. The largest absolute Gasteiger partial charge is 0.394 e. The molecule has 1 atom stereocenters. The molecule has 2 N–H and O–H groups in total. The van der Waals surface area contributed by atoms with Gasteiger partial charge in [-0.05, 0) is 30.0 Å². The van der Waals surface area contributed by atoms with E-state index in [9.17, 15) is 9.90 Å². The molecule has 1 aromatic carbocycles. The van der Waals surface area contributed by atoms with Gasteiger partial charge in [0.25, 0.3) is 0 Å². The van der Waals surface area contributed by atoms with Gasteiger partial charge in [-0.3, -0.25) is 4.79 Å². The van der Waals surface area contributed by atoms with E-state index in [4.69, 9.17) is 0 Å². The van der Waals surface area contributed by atoms with Crippen LogP contribution in [0.4, 0.5) is 0 Å². The molecule has 0 saturated heterocycles. The van der Waals surface area contributed by atoms with Gasteiger partial charge in [0, 0.05) is 4.47 Å². The fraction of sp³-hybridized carbons (Fsp3) is 0.500. The van der Waals surface area contributed by atoms with Gasteiger partial charge in [0.2, 0.25) is 5.91 Å². The normalized spacial score (nSPS) is 12.5. The molecule has 4 heteroatoms. The Balaban J connectivity index is 2.50. The van der Waals surface area contributed by atoms with E-state index in [2.05, 4.69) is 35.1 Å². The predicted molar refractivity (Wildman–Crippen MR) is 76.3 cm³/mol. The first-order valence-corrected chi connectivity index (χ1v) is 6.95. The van der Waals surface area contributed by atoms with Gasteiger partial charge in [-0.25, -0.2) is 0 Å². The number of hydrogen-bond acceptors (Lipinski definition) is 2. The van der Waals surface area contributed by atoms with E-state index in [1.807, 2.05) is 24.3 Å². The van der Waals surface area contributed by atoms with Crippen molar-refractivity contribution in [3.63, 3.8) is 0 Å². The first kappa shape index (κ1) is 15.2. The molecule has 0 aliphatic heterocycles. The average Bonchev–Trinajstić information content (AvgIpc) is 2.27. The number of carbonyl (C=O) groups is 1. The average molecular weight is 314 g/mol. The van der Waals surface area contributed by atoms with E-state index in [-0.39, 0.29) is 18.6 Å². The summed E-state index contributed by atoms with van der Waals surface area (Å²) in [6.45, 7) is 4.13. The number of benzene rings is 1. The topological polar surface area (TPSA) is 49.3 Å². The minimum Gasteiger partial charge on any atom is -0.394 e. The van der Waals surface area contributed by atoms with Gasteiger partial charge in [0.15, 0.2) is 0 Å². The van der Waals surface area contributed by atoms with E-state index >= 15 is 0 Å². The molecule has 100 valence electrons. The highest BCUT2D eigenvalue weighted by molar-refractivity contribution is 9.10. The van der Waals surface area contributed by atoms with E-state index in [1.165, 1.54) is 0 Å². The summed E-state index contributed by atoms with van der Waals surface area (Å²) in [4.78, 5) is 11.8. The molecule has 1 amide bonds. The minimum atomic E-state index is -0.148. The number of nitrogens with one attached hydrogen (secondary N) is 1. The lowest BCUT2D eigenvalue weighted by Crippen LogP contribution is -2.39. The zero-order valence-electron chi connectivity index (χ0n) is 10.8. The van der Waals surface area contributed by atoms with Crippen LogP contribution in [0.3, 0.4) is 0 Å². The second kappa shape index (κ2) is 7.54. The maximum absolute atomic E-state index is 11.8. The van der Waals surface area contributed by atoms with Gasteiger partial charge < -0.3 is 10.4 Å². The highest BCUT2D eigenvalue weighted by Gasteiger charge is 2.13. The van der Waals surface area contributed by atoms with Gasteiger partial charge in [-0.2, -0.15) is 0 Å². The van der Waals surface area contributed by atoms with Crippen molar-refractivity contribution in [1.82, 2.24) is 5.32 Å². The third-order valence-corrected chi connectivity index (χ3v) is 3.09. The fourth-order valence-electron chi connectivity index (χ4n) is 1.86. The first-order chi connectivity index (χ1) is 8.51. The third-order valence-electron chi connectivity index (χ3n) is 2.60. The van der Waals surface area contributed by atoms with Crippen molar-refractivity contribution in [2.45, 2.75) is 32.7 Å². The van der Waals surface area contributed by atoms with Crippen LogP contribution in [0.15, 0.2) is 28.7 Å². The molecule has 0 bridgehead atoms. The molecule has 0 fully saturated rings. The number of aliphatic hydroxyl groups is 1. The van der Waals surface area contributed by atoms with E-state index in [0.29, 0.717) is 12.3 Å². The molecule has 0 radical (unpaired) electrons. The molecular weight excluding hydrogens is 294 g/mol. The summed E-state index contributed by atoms with van der Waals surface area (Å²) < 4.78 is 0.966. The quantitative estimate of drug-likeness (QED) is 0.848. The smallest absolute Gasteiger partial charge is 0.224 e. The third kappa shape index (κ3) is 5.65. The molecule has 3 nitrogen and oxygen atoms in total. The fourth-order valence-corrected chi connectivity index (χ4v) is 2.31. The summed E-state index contributed by atoms with van der Waals surface area (Å²) in [5, 5.41) is 12.1. The molecule has 18 heavy (non-hydrogen) atoms. The van der Waals surface area contributed by atoms with Crippen LogP contribution in [-0.4, -0.2) is 23.7 Å². The second-order valence-corrected chi connectivity index (χ2v) is 5.80. The maximum Gasteiger partial charge on any atom is 0.224 e. The lowest BCUT2D eigenvalue weighted by atomic mass is 10.0. The highest BCUT2D eigenvalue weighted by atomic mass is 79.9. The van der Waals surface area contributed by atoms with Crippen molar-refractivity contribution in [3.05, 3.63) is 34.3 Å². The van der Waals surface area contributed by atoms with E-state index < -0.39 is 0 Å². The van der Waals surface area contributed by atoms with Gasteiger partial charge in [-0.1, -0.05) is 41.9 Å². The summed E-state index contributed by atoms with van der Waals surface area (Å²) in [6.07, 6.45) is 1.13. The van der Waals surface area contributed by atoms with Crippen molar-refractivity contribution in [3.8, 4) is 0 Å². The number of amides is 1. The van der Waals surface area contributed by atoms with Crippen LogP contribution in [0, 0.1) is 5.92 Å². The van der Waals surface area contributed by atoms with Gasteiger partial charge in [0.1, 0.15) is 0 Å². The maximum atomic E-state index is 11.8. The number of hydrogen-bond donors (Lipinski definition) is 2. The van der Waals surface area contributed by atoms with Crippen molar-refractivity contribution in [2.75, 3.05) is 6.61 Å². The Morgan fingerprint density at radius 2 is 2.17 bits per heavy atom. The van der Waals surface area contributed by atoms with Crippen molar-refractivity contribution >= 4 is 21.8 Å². The summed E-state index contributed by atoms with van der Waals surface area (Å²) >= 11 is 3.38. The lowest BCUT2D eigenvalue weighted by molar-refractivity contribution is -0.121. The van der Waals surface area contributed by atoms with E-state index in [1.54, 1.807) is 0 Å². The van der Waals surface area contributed by atoms with Crippen LogP contribution in [0.25, 0.3) is 0 Å². The Bertz CT molecular complexity index is 393. The molecule has 0 aliphatic rings. The van der Waals surface area contributed by atoms with Gasteiger partial charge in [0.05, 0.1) is 19.1 Å². The van der Waals surface area contributed by atoms with Crippen LogP contribution in [0.2, 0.25) is 0 Å². The second-order valence-electron chi connectivity index (χ2n) is 4.88. The molecule has 0 aliphatic carbocycles. The Morgan fingerprint density at radius 1 is 1.44 bits per heavy atom. The van der Waals surface area contributed by atoms with E-state index in [0.717, 1.165) is 16.5 Å². The van der Waals surface area contributed by atoms with Crippen molar-refractivity contribution < 1.29 is 9.90 Å². The van der Waals surface area contributed by atoms with Crippen LogP contribution < -0.4 is 5.32 Å². The zero-order chi connectivity index (χ0) is 13.5. The highest BCUT2D eigenvalue weighted by Crippen LogP contribution is 2.12. The summed E-state index contributed by atoms with van der Waals surface area (Å²) in [5.74, 6) is 0.404. The Labute approximate surface area is 117 Å². The van der Waals surface area contributed by atoms with Crippen LogP contribution in [-0.2, 0) is 11.2 Å². The van der Waals surface area contributed by atoms with Crippen molar-refractivity contribution in [1.29, 1.82) is 0 Å². The van der Waals surface area contributed by atoms with Gasteiger partial charge in [-0.15, -0.1) is 0 Å². The summed E-state index contributed by atoms with van der Waals surface area (Å²) in [7, 11) is 0. The molecular formula is C14H20BrNO2. The molecule has 0 heterocycles. The Hall–Kier alpha value is -0.870. The monoisotopic (exact) mass is 313 g/mol. The van der Waals surface area contributed by atoms with Crippen molar-refractivity contribution in [2.24, 2.45) is 5.92 Å². The molecule has 1 unspecified atom stereocenters.